The summed E-state index contributed by atoms with van der Waals surface area (Å²) in [6, 6.07) is 17.9. The van der Waals surface area contributed by atoms with Crippen molar-refractivity contribution in [1.29, 1.82) is 0 Å². The summed E-state index contributed by atoms with van der Waals surface area (Å²) in [7, 11) is 1.65. The Labute approximate surface area is 170 Å². The van der Waals surface area contributed by atoms with Crippen LogP contribution in [0.1, 0.15) is 27.4 Å². The Morgan fingerprint density at radius 2 is 1.93 bits per heavy atom. The number of methoxy groups -OCH3 is 1. The molecule has 6 nitrogen and oxygen atoms in total. The number of nitrogens with zero attached hydrogens (tertiary/aromatic N) is 3. The van der Waals surface area contributed by atoms with Gasteiger partial charge in [-0.1, -0.05) is 30.3 Å². The Morgan fingerprint density at radius 1 is 1.14 bits per heavy atom. The maximum absolute atomic E-state index is 12.7. The monoisotopic (exact) mass is 388 g/mol. The molecule has 0 aliphatic carbocycles. The Bertz CT molecular complexity index is 1020. The molecule has 148 valence electrons. The number of aryl methyl sites for hydroxylation is 1. The predicted octanol–water partition coefficient (Wildman–Crippen LogP) is 3.46. The first-order valence-electron chi connectivity index (χ1n) is 9.76. The van der Waals surface area contributed by atoms with Crippen LogP contribution in [0.2, 0.25) is 0 Å². The van der Waals surface area contributed by atoms with E-state index in [1.54, 1.807) is 13.2 Å². The number of hydrogen-bond acceptors (Lipinski definition) is 5. The highest BCUT2D eigenvalue weighted by atomic mass is 16.5. The third-order valence-corrected chi connectivity index (χ3v) is 5.08. The SMILES string of the molecule is COc1ccc(CCNC(=O)c2cc(N3CCc4ccccc43)nc(C)n2)cc1. The fourth-order valence-electron chi connectivity index (χ4n) is 3.59. The first-order chi connectivity index (χ1) is 14.1. The number of ether oxygens (including phenoxy) is 1. The van der Waals surface area contributed by atoms with Crippen LogP contribution in [0.5, 0.6) is 5.75 Å². The summed E-state index contributed by atoms with van der Waals surface area (Å²) >= 11 is 0. The van der Waals surface area contributed by atoms with Gasteiger partial charge in [-0.05, 0) is 49.1 Å². The molecule has 3 aromatic rings. The van der Waals surface area contributed by atoms with Crippen LogP contribution in [-0.4, -0.2) is 36.1 Å². The molecule has 1 amide bonds. The fraction of sp³-hybridized carbons (Fsp3) is 0.261. The third kappa shape index (κ3) is 4.21. The molecule has 0 unspecified atom stereocenters. The number of hydrogen-bond donors (Lipinski definition) is 1. The number of aromatic nitrogens is 2. The number of para-hydroxylation sites is 1. The molecule has 1 N–H and O–H groups in total. The largest absolute Gasteiger partial charge is 0.497 e. The van der Waals surface area contributed by atoms with Crippen LogP contribution >= 0.6 is 0 Å². The van der Waals surface area contributed by atoms with Gasteiger partial charge in [0.15, 0.2) is 0 Å². The van der Waals surface area contributed by atoms with Crippen molar-refractivity contribution in [2.24, 2.45) is 0 Å². The maximum atomic E-state index is 12.7. The lowest BCUT2D eigenvalue weighted by molar-refractivity contribution is 0.0948. The molecule has 2 aromatic carbocycles. The van der Waals surface area contributed by atoms with Crippen molar-refractivity contribution in [3.63, 3.8) is 0 Å². The minimum atomic E-state index is -0.183. The molecule has 0 radical (unpaired) electrons. The van der Waals surface area contributed by atoms with Crippen molar-refractivity contribution in [3.05, 3.63) is 77.2 Å². The van der Waals surface area contributed by atoms with E-state index >= 15 is 0 Å². The van der Waals surface area contributed by atoms with E-state index in [0.29, 0.717) is 18.1 Å². The molecule has 2 heterocycles. The number of anilines is 2. The molecule has 0 spiro atoms. The van der Waals surface area contributed by atoms with Crippen LogP contribution in [0.15, 0.2) is 54.6 Å². The predicted molar refractivity (Wildman–Crippen MR) is 113 cm³/mol. The zero-order chi connectivity index (χ0) is 20.2. The van der Waals surface area contributed by atoms with Crippen molar-refractivity contribution in [3.8, 4) is 5.75 Å². The average Bonchev–Trinajstić information content (AvgIpc) is 3.18. The van der Waals surface area contributed by atoms with Gasteiger partial charge >= 0.3 is 0 Å². The van der Waals surface area contributed by atoms with E-state index < -0.39 is 0 Å². The van der Waals surface area contributed by atoms with E-state index in [1.807, 2.05) is 37.3 Å². The van der Waals surface area contributed by atoms with Crippen molar-refractivity contribution < 1.29 is 9.53 Å². The topological polar surface area (TPSA) is 67.3 Å². The Hall–Kier alpha value is -3.41. The molecule has 1 aliphatic rings. The Balaban J connectivity index is 1.44. The second-order valence-electron chi connectivity index (χ2n) is 7.04. The lowest BCUT2D eigenvalue weighted by Gasteiger charge is -2.19. The van der Waals surface area contributed by atoms with Gasteiger partial charge in [-0.15, -0.1) is 0 Å². The summed E-state index contributed by atoms with van der Waals surface area (Å²) in [5.74, 6) is 2.00. The highest BCUT2D eigenvalue weighted by Gasteiger charge is 2.22. The fourth-order valence-corrected chi connectivity index (χ4v) is 3.59. The molecule has 4 rings (SSSR count). The lowest BCUT2D eigenvalue weighted by atomic mass is 10.1. The molecule has 29 heavy (non-hydrogen) atoms. The van der Waals surface area contributed by atoms with E-state index in [2.05, 4.69) is 38.4 Å². The van der Waals surface area contributed by atoms with Gasteiger partial charge < -0.3 is 15.0 Å². The number of nitrogens with one attached hydrogen (secondary N) is 1. The Kier molecular flexibility index (Phi) is 5.42. The number of benzene rings is 2. The molecule has 0 atom stereocenters. The van der Waals surface area contributed by atoms with Gasteiger partial charge in [0.2, 0.25) is 0 Å². The van der Waals surface area contributed by atoms with Crippen molar-refractivity contribution >= 4 is 17.4 Å². The van der Waals surface area contributed by atoms with Crippen LogP contribution in [0, 0.1) is 6.92 Å². The molecule has 1 aromatic heterocycles. The van der Waals surface area contributed by atoms with Gasteiger partial charge in [-0.3, -0.25) is 4.79 Å². The van der Waals surface area contributed by atoms with Crippen LogP contribution in [0.25, 0.3) is 0 Å². The number of fused-ring (bicyclic) bond motifs is 1. The highest BCUT2D eigenvalue weighted by Crippen LogP contribution is 2.33. The van der Waals surface area contributed by atoms with Gasteiger partial charge in [0.25, 0.3) is 5.91 Å². The van der Waals surface area contributed by atoms with E-state index in [9.17, 15) is 4.79 Å². The first-order valence-corrected chi connectivity index (χ1v) is 9.76. The molecule has 6 heteroatoms. The van der Waals surface area contributed by atoms with E-state index in [-0.39, 0.29) is 5.91 Å². The lowest BCUT2D eigenvalue weighted by Crippen LogP contribution is -2.27. The number of amides is 1. The second kappa shape index (κ2) is 8.31. The number of rotatable bonds is 6. The zero-order valence-electron chi connectivity index (χ0n) is 16.7. The summed E-state index contributed by atoms with van der Waals surface area (Å²) < 4.78 is 5.17. The highest BCUT2D eigenvalue weighted by molar-refractivity contribution is 5.93. The Morgan fingerprint density at radius 3 is 2.72 bits per heavy atom. The van der Waals surface area contributed by atoms with Crippen LogP contribution in [0.4, 0.5) is 11.5 Å². The molecular weight excluding hydrogens is 364 g/mol. The summed E-state index contributed by atoms with van der Waals surface area (Å²) in [5, 5.41) is 2.96. The van der Waals surface area contributed by atoms with Crippen molar-refractivity contribution in [2.75, 3.05) is 25.1 Å². The second-order valence-corrected chi connectivity index (χ2v) is 7.04. The molecule has 0 bridgehead atoms. The minimum absolute atomic E-state index is 0.183. The summed E-state index contributed by atoms with van der Waals surface area (Å²) in [5.41, 5.74) is 3.98. The molecule has 0 fully saturated rings. The van der Waals surface area contributed by atoms with E-state index in [1.165, 1.54) is 5.56 Å². The average molecular weight is 388 g/mol. The molecule has 1 aliphatic heterocycles. The maximum Gasteiger partial charge on any atom is 0.270 e. The van der Waals surface area contributed by atoms with Crippen LogP contribution < -0.4 is 15.0 Å². The normalized spacial score (nSPS) is 12.6. The minimum Gasteiger partial charge on any atom is -0.497 e. The number of carbonyl (C=O) groups is 1. The van der Waals surface area contributed by atoms with E-state index in [4.69, 9.17) is 4.74 Å². The summed E-state index contributed by atoms with van der Waals surface area (Å²) in [6.45, 7) is 3.21. The van der Waals surface area contributed by atoms with Crippen LogP contribution in [-0.2, 0) is 12.8 Å². The summed E-state index contributed by atoms with van der Waals surface area (Å²) in [4.78, 5) is 23.7. The first kappa shape index (κ1) is 18.9. The number of carbonyl (C=O) groups excluding carboxylic acids is 1. The molecular formula is C23H24N4O2. The molecule has 0 saturated heterocycles. The van der Waals surface area contributed by atoms with Gasteiger partial charge in [0.05, 0.1) is 7.11 Å². The van der Waals surface area contributed by atoms with Crippen LogP contribution in [0.3, 0.4) is 0 Å². The van der Waals surface area contributed by atoms with Crippen molar-refractivity contribution in [2.45, 2.75) is 19.8 Å². The van der Waals surface area contributed by atoms with Gasteiger partial charge in [0.1, 0.15) is 23.1 Å². The summed E-state index contributed by atoms with van der Waals surface area (Å²) in [6.07, 6.45) is 1.72. The standard InChI is InChI=1S/C23H24N4O2/c1-16-25-20(23(28)24-13-11-17-7-9-19(29-2)10-8-17)15-22(26-16)27-14-12-18-5-3-4-6-21(18)27/h3-10,15H,11-14H2,1-2H3,(H,24,28). The van der Waals surface area contributed by atoms with Gasteiger partial charge in [-0.2, -0.15) is 0 Å². The smallest absolute Gasteiger partial charge is 0.270 e. The zero-order valence-corrected chi connectivity index (χ0v) is 16.7. The van der Waals surface area contributed by atoms with Gasteiger partial charge in [-0.25, -0.2) is 9.97 Å². The van der Waals surface area contributed by atoms with Gasteiger partial charge in [0, 0.05) is 24.8 Å². The third-order valence-electron chi connectivity index (χ3n) is 5.08. The van der Waals surface area contributed by atoms with Crippen molar-refractivity contribution in [1.82, 2.24) is 15.3 Å². The quantitative estimate of drug-likeness (QED) is 0.700. The van der Waals surface area contributed by atoms with E-state index in [0.717, 1.165) is 42.2 Å². The molecule has 0 saturated carbocycles.